The molecule has 8 heteroatoms. The molecule has 0 saturated carbocycles. The van der Waals surface area contributed by atoms with E-state index in [4.69, 9.17) is 11.1 Å². The van der Waals surface area contributed by atoms with Crippen molar-refractivity contribution in [2.24, 2.45) is 0 Å². The highest BCUT2D eigenvalue weighted by atomic mass is 16.6. The van der Waals surface area contributed by atoms with Gasteiger partial charge in [0, 0.05) is 19.3 Å². The van der Waals surface area contributed by atoms with E-state index in [-0.39, 0.29) is 28.3 Å². The number of hydrogen-bond acceptors (Lipinski definition) is 6. The van der Waals surface area contributed by atoms with Crippen molar-refractivity contribution in [1.82, 2.24) is 4.98 Å². The van der Waals surface area contributed by atoms with Gasteiger partial charge in [0.05, 0.1) is 16.2 Å². The van der Waals surface area contributed by atoms with Crippen LogP contribution in [0.15, 0.2) is 36.2 Å². The molecule has 0 saturated heterocycles. The van der Waals surface area contributed by atoms with Gasteiger partial charge in [0.15, 0.2) is 0 Å². The van der Waals surface area contributed by atoms with Crippen LogP contribution in [0, 0.1) is 15.5 Å². The van der Waals surface area contributed by atoms with Crippen LogP contribution in [0.5, 0.6) is 0 Å². The van der Waals surface area contributed by atoms with E-state index in [1.54, 1.807) is 0 Å². The van der Waals surface area contributed by atoms with Crippen molar-refractivity contribution < 1.29 is 9.72 Å². The zero-order valence-corrected chi connectivity index (χ0v) is 10.7. The molecule has 0 spiro atoms. The Kier molecular flexibility index (Phi) is 4.68. The first kappa shape index (κ1) is 15.0. The van der Waals surface area contributed by atoms with E-state index >= 15 is 0 Å². The largest absolute Gasteiger partial charge is 0.383 e. The van der Waals surface area contributed by atoms with E-state index in [2.05, 4.69) is 16.9 Å². The molecule has 1 aromatic rings. The highest BCUT2D eigenvalue weighted by Gasteiger charge is 2.18. The highest BCUT2D eigenvalue weighted by Crippen LogP contribution is 2.19. The molecule has 0 aliphatic heterocycles. The zero-order chi connectivity index (χ0) is 15.3. The molecule has 1 heterocycles. The van der Waals surface area contributed by atoms with Gasteiger partial charge in [0.1, 0.15) is 11.4 Å². The fourth-order valence-corrected chi connectivity index (χ4v) is 1.44. The van der Waals surface area contributed by atoms with Crippen LogP contribution in [0.2, 0.25) is 0 Å². The van der Waals surface area contributed by atoms with E-state index in [1.807, 2.05) is 0 Å². The zero-order valence-electron chi connectivity index (χ0n) is 10.7. The Morgan fingerprint density at radius 3 is 2.80 bits per heavy atom. The maximum atomic E-state index is 12.0. The number of carbonyl (C=O) groups excluding carboxylic acids is 1. The molecular formula is C12H13N5O3. The Labute approximate surface area is 114 Å². The maximum absolute atomic E-state index is 12.0. The number of carbonyl (C=O) groups is 1. The molecule has 1 aromatic heterocycles. The van der Waals surface area contributed by atoms with Crippen molar-refractivity contribution >= 4 is 23.6 Å². The summed E-state index contributed by atoms with van der Waals surface area (Å²) < 4.78 is 0. The summed E-state index contributed by atoms with van der Waals surface area (Å²) in [4.78, 5) is 25.8. The minimum Gasteiger partial charge on any atom is -0.383 e. The summed E-state index contributed by atoms with van der Waals surface area (Å²) in [7, 11) is 0. The molecule has 8 nitrogen and oxygen atoms in total. The van der Waals surface area contributed by atoms with Crippen molar-refractivity contribution in [2.45, 2.75) is 6.92 Å². The van der Waals surface area contributed by atoms with Crippen LogP contribution in [0.25, 0.3) is 0 Å². The van der Waals surface area contributed by atoms with Gasteiger partial charge in [-0.15, -0.1) is 0 Å². The first-order valence-corrected chi connectivity index (χ1v) is 5.46. The fourth-order valence-electron chi connectivity index (χ4n) is 1.44. The van der Waals surface area contributed by atoms with Crippen LogP contribution in [-0.2, 0) is 4.79 Å². The summed E-state index contributed by atoms with van der Waals surface area (Å²) in [5.41, 5.74) is 5.55. The molecule has 0 atom stereocenters. The first-order chi connectivity index (χ1) is 9.42. The third kappa shape index (κ3) is 3.05. The van der Waals surface area contributed by atoms with E-state index in [0.29, 0.717) is 0 Å². The van der Waals surface area contributed by atoms with Gasteiger partial charge >= 0.3 is 0 Å². The van der Waals surface area contributed by atoms with E-state index in [0.717, 1.165) is 12.3 Å². The van der Waals surface area contributed by atoms with Crippen LogP contribution in [0.4, 0.5) is 11.5 Å². The Bertz CT molecular complexity index is 622. The molecule has 0 aliphatic carbocycles. The van der Waals surface area contributed by atoms with Crippen LogP contribution in [-0.4, -0.2) is 22.0 Å². The maximum Gasteiger partial charge on any atom is 0.262 e. The smallest absolute Gasteiger partial charge is 0.262 e. The molecule has 4 N–H and O–H groups in total. The van der Waals surface area contributed by atoms with Crippen LogP contribution >= 0.6 is 0 Å². The van der Waals surface area contributed by atoms with Crippen LogP contribution < -0.4 is 11.1 Å². The van der Waals surface area contributed by atoms with Gasteiger partial charge in [-0.2, -0.15) is 0 Å². The summed E-state index contributed by atoms with van der Waals surface area (Å²) in [5, 5.41) is 20.4. The molecule has 0 bridgehead atoms. The van der Waals surface area contributed by atoms with Crippen molar-refractivity contribution in [3.8, 4) is 0 Å². The van der Waals surface area contributed by atoms with Gasteiger partial charge in [0.2, 0.25) is 0 Å². The first-order valence-electron chi connectivity index (χ1n) is 5.46. The number of anilines is 2. The topological polar surface area (TPSA) is 135 Å². The van der Waals surface area contributed by atoms with Crippen molar-refractivity contribution in [3.05, 3.63) is 51.9 Å². The van der Waals surface area contributed by atoms with E-state index in [9.17, 15) is 14.9 Å². The molecular weight excluding hydrogens is 262 g/mol. The van der Waals surface area contributed by atoms with Gasteiger partial charge in [-0.05, 0) is 6.07 Å². The van der Waals surface area contributed by atoms with Gasteiger partial charge in [-0.1, -0.05) is 12.7 Å². The third-order valence-corrected chi connectivity index (χ3v) is 2.53. The normalized spacial score (nSPS) is 11.2. The Balaban J connectivity index is 3.17. The van der Waals surface area contributed by atoms with Gasteiger partial charge < -0.3 is 16.5 Å². The van der Waals surface area contributed by atoms with E-state index in [1.165, 1.54) is 19.2 Å². The standard InChI is InChI=1S/C12H13N5O3/c1-3-8(7(2)17(19)20)12(18)16-10-4-5-15-11(14)9(10)6-13/h3-6,13H,1H2,2H3,(H3,14,15,16,18)/b8-7-,13-6?. The summed E-state index contributed by atoms with van der Waals surface area (Å²) in [6.45, 7) is 4.59. The quantitative estimate of drug-likeness (QED) is 0.245. The minimum atomic E-state index is -0.706. The number of allylic oxidation sites excluding steroid dienone is 1. The summed E-state index contributed by atoms with van der Waals surface area (Å²) >= 11 is 0. The molecule has 0 radical (unpaired) electrons. The average Bonchev–Trinajstić information content (AvgIpc) is 2.39. The number of hydrogen-bond donors (Lipinski definition) is 3. The number of aromatic nitrogens is 1. The van der Waals surface area contributed by atoms with E-state index < -0.39 is 10.8 Å². The van der Waals surface area contributed by atoms with Crippen molar-refractivity contribution in [3.63, 3.8) is 0 Å². The Morgan fingerprint density at radius 1 is 1.65 bits per heavy atom. The SMILES string of the molecule is C=C/C(C(=O)Nc1ccnc(N)c1C=N)=C(\C)[N+](=O)[O-]. The lowest BCUT2D eigenvalue weighted by Crippen LogP contribution is -2.18. The summed E-state index contributed by atoms with van der Waals surface area (Å²) in [5.74, 6) is -0.629. The monoisotopic (exact) mass is 275 g/mol. The Morgan fingerprint density at radius 2 is 2.30 bits per heavy atom. The Hall–Kier alpha value is -3.03. The van der Waals surface area contributed by atoms with Crippen LogP contribution in [0.3, 0.4) is 0 Å². The molecule has 1 amide bonds. The lowest BCUT2D eigenvalue weighted by Gasteiger charge is -2.09. The lowest BCUT2D eigenvalue weighted by molar-refractivity contribution is -0.425. The summed E-state index contributed by atoms with van der Waals surface area (Å²) in [6, 6.07) is 1.44. The fraction of sp³-hybridized carbons (Fsp3) is 0.0833. The number of nitrogens with one attached hydrogen (secondary N) is 2. The second kappa shape index (κ2) is 6.23. The molecule has 0 fully saturated rings. The number of amides is 1. The third-order valence-electron chi connectivity index (χ3n) is 2.53. The molecule has 0 aromatic carbocycles. The van der Waals surface area contributed by atoms with Gasteiger partial charge in [0.25, 0.3) is 11.6 Å². The van der Waals surface area contributed by atoms with Crippen molar-refractivity contribution in [2.75, 3.05) is 11.1 Å². The highest BCUT2D eigenvalue weighted by molar-refractivity contribution is 6.08. The molecule has 104 valence electrons. The van der Waals surface area contributed by atoms with Crippen LogP contribution in [0.1, 0.15) is 12.5 Å². The lowest BCUT2D eigenvalue weighted by atomic mass is 10.1. The molecule has 0 unspecified atom stereocenters. The number of nitrogens with two attached hydrogens (primary N) is 1. The molecule has 20 heavy (non-hydrogen) atoms. The second-order valence-corrected chi connectivity index (χ2v) is 3.72. The second-order valence-electron chi connectivity index (χ2n) is 3.72. The number of nitro groups is 1. The predicted molar refractivity (Wildman–Crippen MR) is 75.1 cm³/mol. The van der Waals surface area contributed by atoms with Gasteiger partial charge in [-0.3, -0.25) is 14.9 Å². The minimum absolute atomic E-state index is 0.0768. The summed E-state index contributed by atoms with van der Waals surface area (Å²) in [6.07, 6.45) is 3.40. The number of rotatable bonds is 5. The van der Waals surface area contributed by atoms with Crippen molar-refractivity contribution in [1.29, 1.82) is 5.41 Å². The number of nitrogen functional groups attached to an aromatic ring is 1. The predicted octanol–water partition coefficient (Wildman–Crippen LogP) is 1.34. The molecule has 0 aliphatic rings. The number of nitrogens with zero attached hydrogens (tertiary/aromatic N) is 2. The van der Waals surface area contributed by atoms with Gasteiger partial charge in [-0.25, -0.2) is 4.98 Å². The average molecular weight is 275 g/mol. The molecule has 1 rings (SSSR count). The number of pyridine rings is 1.